The number of carbonyl (C=O) groups is 3. The van der Waals surface area contributed by atoms with Gasteiger partial charge in [0.15, 0.2) is 0 Å². The number of hydrogen-bond acceptors (Lipinski definition) is 8. The van der Waals surface area contributed by atoms with Crippen molar-refractivity contribution in [3.8, 4) is 10.7 Å². The quantitative estimate of drug-likeness (QED) is 0.350. The molecule has 0 aliphatic rings. The molecule has 0 aromatic carbocycles. The summed E-state index contributed by atoms with van der Waals surface area (Å²) in [6, 6.07) is 5.70. The summed E-state index contributed by atoms with van der Waals surface area (Å²) in [5.74, 6) is -2.48. The van der Waals surface area contributed by atoms with Gasteiger partial charge in [-0.1, -0.05) is 27.7 Å². The van der Waals surface area contributed by atoms with Gasteiger partial charge in [-0.2, -0.15) is 13.2 Å². The number of carboxylic acid groups (broad SMARTS) is 2. The van der Waals surface area contributed by atoms with E-state index < -0.39 is 18.1 Å². The highest BCUT2D eigenvalue weighted by atomic mass is 33.1. The molecule has 0 saturated carbocycles. The van der Waals surface area contributed by atoms with Gasteiger partial charge in [-0.05, 0) is 19.1 Å². The second-order valence-corrected chi connectivity index (χ2v) is 9.11. The van der Waals surface area contributed by atoms with Crippen LogP contribution in [0.3, 0.4) is 0 Å². The van der Waals surface area contributed by atoms with E-state index in [1.807, 2.05) is 25.1 Å². The summed E-state index contributed by atoms with van der Waals surface area (Å²) in [7, 11) is 3.04. The van der Waals surface area contributed by atoms with Crippen LogP contribution in [0.15, 0.2) is 23.6 Å². The van der Waals surface area contributed by atoms with E-state index in [9.17, 15) is 22.8 Å². The fourth-order valence-corrected chi connectivity index (χ4v) is 4.36. The second kappa shape index (κ2) is 13.2. The number of halogens is 3. The monoisotopic (exact) mass is 497 g/mol. The van der Waals surface area contributed by atoms with E-state index >= 15 is 0 Å². The summed E-state index contributed by atoms with van der Waals surface area (Å²) in [5.41, 5.74) is 2.07. The molecule has 0 atom stereocenters. The molecule has 0 unspecified atom stereocenters. The number of aliphatic carboxylic acids is 2. The molecule has 0 spiro atoms. The van der Waals surface area contributed by atoms with Gasteiger partial charge in [-0.15, -0.1) is 11.3 Å². The van der Waals surface area contributed by atoms with Gasteiger partial charge in [-0.3, -0.25) is 14.6 Å². The van der Waals surface area contributed by atoms with Crippen molar-refractivity contribution in [1.29, 1.82) is 0 Å². The molecular weight excluding hydrogens is 479 g/mol. The molecule has 2 heterocycles. The molecule has 31 heavy (non-hydrogen) atoms. The maximum absolute atomic E-state index is 12.1. The third-order valence-electron chi connectivity index (χ3n) is 3.04. The zero-order valence-electron chi connectivity index (χ0n) is 16.0. The van der Waals surface area contributed by atoms with Crippen LogP contribution in [0.2, 0.25) is 0 Å². The number of rotatable bonds is 9. The molecule has 0 aliphatic carbocycles. The van der Waals surface area contributed by atoms with E-state index in [-0.39, 0.29) is 12.3 Å². The number of hydrogen-bond donors (Lipinski definition) is 3. The molecule has 1 amide bonds. The molecule has 0 radical (unpaired) electrons. The Morgan fingerprint density at radius 3 is 2.35 bits per heavy atom. The average Bonchev–Trinajstić information content (AvgIpc) is 3.17. The Hall–Kier alpha value is -2.32. The number of aryl methyl sites for hydroxylation is 1. The molecular formula is C17H18F3N3O5S3. The Balaban J connectivity index is 0.000000592. The van der Waals surface area contributed by atoms with Gasteiger partial charge < -0.3 is 15.5 Å². The molecule has 0 bridgehead atoms. The SMILES string of the molecule is Cc1cccc(-c2nc(C(=O)NCCSSCCC(=O)O)cs2)n1.O=C(O)C(F)(F)F. The van der Waals surface area contributed by atoms with Gasteiger partial charge in [0.05, 0.1) is 12.1 Å². The summed E-state index contributed by atoms with van der Waals surface area (Å²) in [4.78, 5) is 40.1. The predicted octanol–water partition coefficient (Wildman–Crippen LogP) is 3.73. The van der Waals surface area contributed by atoms with Crippen LogP contribution in [0.4, 0.5) is 13.2 Å². The third-order valence-corrected chi connectivity index (χ3v) is 6.31. The number of nitrogens with zero attached hydrogens (tertiary/aromatic N) is 2. The van der Waals surface area contributed by atoms with Gasteiger partial charge >= 0.3 is 18.1 Å². The first-order valence-electron chi connectivity index (χ1n) is 8.44. The highest BCUT2D eigenvalue weighted by molar-refractivity contribution is 8.76. The lowest BCUT2D eigenvalue weighted by Crippen LogP contribution is -2.25. The summed E-state index contributed by atoms with van der Waals surface area (Å²) in [6.45, 7) is 2.43. The number of nitrogens with one attached hydrogen (secondary N) is 1. The number of aromatic nitrogens is 2. The number of amides is 1. The van der Waals surface area contributed by atoms with Crippen molar-refractivity contribution in [2.45, 2.75) is 19.5 Å². The Labute approximate surface area is 187 Å². The Kier molecular flexibility index (Phi) is 11.3. The van der Waals surface area contributed by atoms with Gasteiger partial charge in [-0.25, -0.2) is 9.78 Å². The fraction of sp³-hybridized carbons (Fsp3) is 0.353. The van der Waals surface area contributed by atoms with Crippen LogP contribution in [0.5, 0.6) is 0 Å². The Morgan fingerprint density at radius 2 is 1.77 bits per heavy atom. The van der Waals surface area contributed by atoms with Crippen molar-refractivity contribution < 1.29 is 37.8 Å². The zero-order chi connectivity index (χ0) is 23.4. The predicted molar refractivity (Wildman–Crippen MR) is 113 cm³/mol. The Bertz CT molecular complexity index is 893. The lowest BCUT2D eigenvalue weighted by atomic mass is 10.3. The first-order valence-corrected chi connectivity index (χ1v) is 11.8. The number of thiazole rings is 1. The van der Waals surface area contributed by atoms with E-state index in [2.05, 4.69) is 15.3 Å². The molecule has 170 valence electrons. The van der Waals surface area contributed by atoms with Crippen molar-refractivity contribution in [1.82, 2.24) is 15.3 Å². The van der Waals surface area contributed by atoms with Crippen LogP contribution < -0.4 is 5.32 Å². The van der Waals surface area contributed by atoms with Crippen LogP contribution in [0, 0.1) is 6.92 Å². The smallest absolute Gasteiger partial charge is 0.481 e. The van der Waals surface area contributed by atoms with E-state index in [1.54, 1.807) is 16.2 Å². The van der Waals surface area contributed by atoms with E-state index in [1.165, 1.54) is 22.1 Å². The van der Waals surface area contributed by atoms with Crippen LogP contribution >= 0.6 is 32.9 Å². The van der Waals surface area contributed by atoms with Gasteiger partial charge in [0, 0.05) is 29.1 Å². The van der Waals surface area contributed by atoms with E-state index in [0.29, 0.717) is 23.7 Å². The first kappa shape index (κ1) is 26.7. The molecule has 0 fully saturated rings. The standard InChI is InChI=1S/C15H17N3O3S3.C2HF3O2/c1-10-3-2-4-11(17-10)15-18-12(9-22-15)14(21)16-6-8-24-23-7-5-13(19)20;3-2(4,5)1(6)7/h2-4,9H,5-8H2,1H3,(H,16,21)(H,19,20);(H,6,7). The van der Waals surface area contributed by atoms with Crippen molar-refractivity contribution >= 4 is 50.8 Å². The highest BCUT2D eigenvalue weighted by Crippen LogP contribution is 2.23. The molecule has 2 aromatic rings. The minimum Gasteiger partial charge on any atom is -0.481 e. The van der Waals surface area contributed by atoms with Gasteiger partial charge in [0.25, 0.3) is 5.91 Å². The molecule has 3 N–H and O–H groups in total. The lowest BCUT2D eigenvalue weighted by Gasteiger charge is -2.02. The first-order chi connectivity index (χ1) is 14.5. The number of pyridine rings is 1. The topological polar surface area (TPSA) is 129 Å². The maximum Gasteiger partial charge on any atom is 0.490 e. The van der Waals surface area contributed by atoms with Crippen LogP contribution in [-0.4, -0.2) is 62.3 Å². The van der Waals surface area contributed by atoms with E-state index in [0.717, 1.165) is 16.4 Å². The van der Waals surface area contributed by atoms with E-state index in [4.69, 9.17) is 15.0 Å². The molecule has 0 aliphatic heterocycles. The average molecular weight is 498 g/mol. The largest absolute Gasteiger partial charge is 0.490 e. The number of carbonyl (C=O) groups excluding carboxylic acids is 1. The summed E-state index contributed by atoms with van der Waals surface area (Å²) >= 11 is 1.39. The minimum atomic E-state index is -5.08. The number of carboxylic acids is 2. The summed E-state index contributed by atoms with van der Waals surface area (Å²) < 4.78 is 31.7. The van der Waals surface area contributed by atoms with Crippen LogP contribution in [0.1, 0.15) is 22.6 Å². The molecule has 0 saturated heterocycles. The molecule has 2 aromatic heterocycles. The van der Waals surface area contributed by atoms with Crippen molar-refractivity contribution in [3.05, 3.63) is 35.0 Å². The van der Waals surface area contributed by atoms with Crippen molar-refractivity contribution in [2.75, 3.05) is 18.1 Å². The third kappa shape index (κ3) is 11.0. The maximum atomic E-state index is 12.1. The lowest BCUT2D eigenvalue weighted by molar-refractivity contribution is -0.192. The zero-order valence-corrected chi connectivity index (χ0v) is 18.5. The normalized spacial score (nSPS) is 10.7. The molecule has 8 nitrogen and oxygen atoms in total. The second-order valence-electron chi connectivity index (χ2n) is 5.55. The minimum absolute atomic E-state index is 0.151. The Morgan fingerprint density at radius 1 is 1.13 bits per heavy atom. The fourth-order valence-electron chi connectivity index (χ4n) is 1.70. The van der Waals surface area contributed by atoms with Crippen LogP contribution in [0.25, 0.3) is 10.7 Å². The summed E-state index contributed by atoms with van der Waals surface area (Å²) in [6.07, 6.45) is -4.93. The van der Waals surface area contributed by atoms with Gasteiger partial charge in [0.1, 0.15) is 10.7 Å². The summed E-state index contributed by atoms with van der Waals surface area (Å²) in [5, 5.41) is 20.9. The highest BCUT2D eigenvalue weighted by Gasteiger charge is 2.38. The van der Waals surface area contributed by atoms with Gasteiger partial charge in [0.2, 0.25) is 0 Å². The van der Waals surface area contributed by atoms with Crippen molar-refractivity contribution in [2.24, 2.45) is 0 Å². The molecule has 2 rings (SSSR count). The van der Waals surface area contributed by atoms with Crippen LogP contribution in [-0.2, 0) is 9.59 Å². The molecule has 14 heteroatoms. The van der Waals surface area contributed by atoms with Crippen molar-refractivity contribution in [3.63, 3.8) is 0 Å². The number of alkyl halides is 3.